The summed E-state index contributed by atoms with van der Waals surface area (Å²) >= 11 is 1.31. The van der Waals surface area contributed by atoms with Crippen LogP contribution < -0.4 is 26.3 Å². The van der Waals surface area contributed by atoms with Gasteiger partial charge in [-0.3, -0.25) is 14.4 Å². The van der Waals surface area contributed by atoms with Crippen molar-refractivity contribution in [2.45, 2.75) is 13.0 Å². The van der Waals surface area contributed by atoms with Gasteiger partial charge in [-0.25, -0.2) is 24.5 Å². The maximum Gasteiger partial charge on any atom is 0.276 e. The summed E-state index contributed by atoms with van der Waals surface area (Å²) in [6.45, 7) is 3.59. The Morgan fingerprint density at radius 2 is 1.87 bits per heavy atom. The Morgan fingerprint density at radius 1 is 1.13 bits per heavy atom. The Kier molecular flexibility index (Phi) is 6.14. The van der Waals surface area contributed by atoms with Crippen molar-refractivity contribution in [1.82, 2.24) is 15.1 Å². The zero-order valence-electron chi connectivity index (χ0n) is 20.3. The Morgan fingerprint density at radius 3 is 2.61 bits per heavy atom. The van der Waals surface area contributed by atoms with E-state index in [0.29, 0.717) is 42.8 Å². The summed E-state index contributed by atoms with van der Waals surface area (Å²) in [6, 6.07) is 13.1. The fraction of sp³-hybridized carbons (Fsp3) is 0.231. The molecule has 0 radical (unpaired) electrons. The van der Waals surface area contributed by atoms with Crippen LogP contribution in [0, 0.1) is 12.7 Å². The number of hydrazine groups is 1. The molecular weight excluding hydrogens is 511 g/mol. The highest BCUT2D eigenvalue weighted by atomic mass is 32.1. The van der Waals surface area contributed by atoms with Crippen molar-refractivity contribution in [3.8, 4) is 0 Å². The van der Waals surface area contributed by atoms with Crippen molar-refractivity contribution < 1.29 is 18.7 Å². The number of nitrogens with zero attached hydrogens (tertiary/aromatic N) is 4. The first kappa shape index (κ1) is 24.2. The van der Waals surface area contributed by atoms with E-state index in [1.54, 1.807) is 6.92 Å². The first-order valence-electron chi connectivity index (χ1n) is 12.0. The summed E-state index contributed by atoms with van der Waals surface area (Å²) in [4.78, 5) is 45.3. The average molecular weight is 535 g/mol. The molecule has 1 atom stereocenters. The molecule has 4 heterocycles. The Bertz CT molecular complexity index is 1580. The number of benzene rings is 2. The first-order valence-corrected chi connectivity index (χ1v) is 12.8. The number of nitrogens with one attached hydrogen (secondary N) is 2. The number of para-hydroxylation sites is 1. The number of carbonyl (C=O) groups excluding carboxylic acids is 2. The molecule has 1 fully saturated rings. The fourth-order valence-corrected chi connectivity index (χ4v) is 5.70. The quantitative estimate of drug-likeness (QED) is 0.415. The van der Waals surface area contributed by atoms with E-state index in [1.807, 2.05) is 29.3 Å². The molecule has 1 unspecified atom stereocenters. The van der Waals surface area contributed by atoms with Gasteiger partial charge in [-0.15, -0.1) is 0 Å². The standard InChI is InChI=1S/C26H23FN6O4S/c1-15-22-18(14-21(34)33(15)31-10-12-37-13-11-31)23(24(35)28-17-8-6-16(27)7-9-17)30-32(25(22)36)26-29-19-4-2-3-5-20(19)38-26/h2-9,14,23,30H,10-13H2,1H3,(H,28,35). The number of carbonyl (C=O) groups is 2. The molecule has 12 heteroatoms. The van der Waals surface area contributed by atoms with Crippen LogP contribution in [0.3, 0.4) is 0 Å². The third-order valence-electron chi connectivity index (χ3n) is 6.56. The molecule has 2 N–H and O–H groups in total. The Hall–Kier alpha value is -4.13. The first-order chi connectivity index (χ1) is 18.4. The molecule has 2 aliphatic heterocycles. The zero-order valence-corrected chi connectivity index (χ0v) is 21.1. The lowest BCUT2D eigenvalue weighted by molar-refractivity contribution is -0.118. The molecule has 0 saturated carbocycles. The lowest BCUT2D eigenvalue weighted by Crippen LogP contribution is -2.56. The lowest BCUT2D eigenvalue weighted by atomic mass is 9.96. The van der Waals surface area contributed by atoms with E-state index in [0.717, 1.165) is 10.2 Å². The van der Waals surface area contributed by atoms with Gasteiger partial charge in [-0.2, -0.15) is 0 Å². The summed E-state index contributed by atoms with van der Waals surface area (Å²) < 4.78 is 21.2. The highest BCUT2D eigenvalue weighted by Crippen LogP contribution is 2.34. The highest BCUT2D eigenvalue weighted by Gasteiger charge is 2.40. The molecular formula is C26H23FN6O4S. The number of halogens is 1. The summed E-state index contributed by atoms with van der Waals surface area (Å²) in [5.41, 5.74) is 4.65. The number of hydrogen-bond acceptors (Lipinski definition) is 8. The SMILES string of the molecule is Cc1c2c(cc(=O)n1N1CCOCC1)C(C(=O)Nc1ccc(F)cc1)NN(c1nc3ccccc3s1)C2=O. The predicted molar refractivity (Wildman–Crippen MR) is 142 cm³/mol. The van der Waals surface area contributed by atoms with Crippen molar-refractivity contribution >= 4 is 44.2 Å². The minimum Gasteiger partial charge on any atom is -0.378 e. The molecule has 0 bridgehead atoms. The van der Waals surface area contributed by atoms with Gasteiger partial charge in [0.25, 0.3) is 11.5 Å². The average Bonchev–Trinajstić information content (AvgIpc) is 3.34. The van der Waals surface area contributed by atoms with Gasteiger partial charge < -0.3 is 15.1 Å². The number of morpholine rings is 1. The van der Waals surface area contributed by atoms with Gasteiger partial charge in [-0.1, -0.05) is 23.5 Å². The van der Waals surface area contributed by atoms with E-state index < -0.39 is 23.7 Å². The van der Waals surface area contributed by atoms with Gasteiger partial charge in [0, 0.05) is 17.3 Å². The number of anilines is 2. The van der Waals surface area contributed by atoms with Gasteiger partial charge in [0.2, 0.25) is 11.0 Å². The van der Waals surface area contributed by atoms with Crippen LogP contribution in [0.1, 0.15) is 27.7 Å². The largest absolute Gasteiger partial charge is 0.378 e. The molecule has 2 aliphatic rings. The summed E-state index contributed by atoms with van der Waals surface area (Å²) in [5, 5.41) is 6.22. The molecule has 4 aromatic rings. The van der Waals surface area contributed by atoms with Crippen molar-refractivity contribution in [2.24, 2.45) is 0 Å². The van der Waals surface area contributed by atoms with Gasteiger partial charge in [0.05, 0.1) is 47.8 Å². The highest BCUT2D eigenvalue weighted by molar-refractivity contribution is 7.22. The Labute approximate surface area is 220 Å². The number of aromatic nitrogens is 2. The van der Waals surface area contributed by atoms with E-state index in [9.17, 15) is 18.8 Å². The summed E-state index contributed by atoms with van der Waals surface area (Å²) in [6.07, 6.45) is 0. The molecule has 1 saturated heterocycles. The topological polar surface area (TPSA) is 109 Å². The maximum atomic E-state index is 13.9. The van der Waals surface area contributed by atoms with Crippen molar-refractivity contribution in [1.29, 1.82) is 0 Å². The van der Waals surface area contributed by atoms with Crippen LogP contribution in [0.15, 0.2) is 59.4 Å². The fourth-order valence-electron chi connectivity index (χ4n) is 4.77. The van der Waals surface area contributed by atoms with Crippen molar-refractivity contribution in [2.75, 3.05) is 41.6 Å². The number of rotatable bonds is 4. The molecule has 2 aromatic carbocycles. The second-order valence-corrected chi connectivity index (χ2v) is 9.95. The second kappa shape index (κ2) is 9.63. The minimum atomic E-state index is -1.09. The van der Waals surface area contributed by atoms with Crippen LogP contribution in [0.5, 0.6) is 0 Å². The van der Waals surface area contributed by atoms with Crippen LogP contribution >= 0.6 is 11.3 Å². The van der Waals surface area contributed by atoms with Gasteiger partial charge in [-0.05, 0) is 43.3 Å². The lowest BCUT2D eigenvalue weighted by Gasteiger charge is -2.37. The third kappa shape index (κ3) is 4.22. The van der Waals surface area contributed by atoms with Crippen molar-refractivity contribution in [3.05, 3.63) is 87.6 Å². The van der Waals surface area contributed by atoms with Gasteiger partial charge in [0.15, 0.2) is 0 Å². The number of amides is 2. The smallest absolute Gasteiger partial charge is 0.276 e. The van der Waals surface area contributed by atoms with E-state index in [2.05, 4.69) is 15.7 Å². The maximum absolute atomic E-state index is 13.9. The van der Waals surface area contributed by atoms with E-state index >= 15 is 0 Å². The summed E-state index contributed by atoms with van der Waals surface area (Å²) in [7, 11) is 0. The number of hydrogen-bond donors (Lipinski definition) is 2. The van der Waals surface area contributed by atoms with Crippen LogP contribution in [-0.2, 0) is 9.53 Å². The van der Waals surface area contributed by atoms with E-state index in [-0.39, 0.29) is 16.7 Å². The molecule has 6 rings (SSSR count). The van der Waals surface area contributed by atoms with Crippen LogP contribution in [-0.4, -0.2) is 47.8 Å². The zero-order chi connectivity index (χ0) is 26.4. The molecule has 38 heavy (non-hydrogen) atoms. The van der Waals surface area contributed by atoms with Gasteiger partial charge in [0.1, 0.15) is 11.9 Å². The normalized spacial score (nSPS) is 17.5. The molecule has 2 amide bonds. The third-order valence-corrected chi connectivity index (χ3v) is 7.58. The molecule has 194 valence electrons. The molecule has 0 spiro atoms. The van der Waals surface area contributed by atoms with Crippen LogP contribution in [0.4, 0.5) is 15.2 Å². The Balaban J connectivity index is 1.46. The summed E-state index contributed by atoms with van der Waals surface area (Å²) in [5.74, 6) is -1.38. The number of ether oxygens (including phenoxy) is 1. The van der Waals surface area contributed by atoms with E-state index in [1.165, 1.54) is 51.4 Å². The minimum absolute atomic E-state index is 0.244. The number of pyridine rings is 1. The van der Waals surface area contributed by atoms with Crippen LogP contribution in [0.2, 0.25) is 0 Å². The molecule has 2 aromatic heterocycles. The van der Waals surface area contributed by atoms with Gasteiger partial charge >= 0.3 is 0 Å². The van der Waals surface area contributed by atoms with E-state index in [4.69, 9.17) is 4.74 Å². The van der Waals surface area contributed by atoms with Crippen molar-refractivity contribution in [3.63, 3.8) is 0 Å². The molecule has 0 aliphatic carbocycles. The van der Waals surface area contributed by atoms with Crippen LogP contribution in [0.25, 0.3) is 10.2 Å². The predicted octanol–water partition coefficient (Wildman–Crippen LogP) is 2.72. The second-order valence-electron chi connectivity index (χ2n) is 8.94. The molecule has 10 nitrogen and oxygen atoms in total. The monoisotopic (exact) mass is 534 g/mol. The number of thiazole rings is 1. The number of fused-ring (bicyclic) bond motifs is 2.